The number of carbonyl (C=O) groups is 2. The van der Waals surface area contributed by atoms with Crippen molar-refractivity contribution in [1.29, 1.82) is 0 Å². The van der Waals surface area contributed by atoms with E-state index in [1.54, 1.807) is 29.3 Å². The second-order valence-corrected chi connectivity index (χ2v) is 8.52. The first kappa shape index (κ1) is 19.7. The van der Waals surface area contributed by atoms with Crippen LogP contribution < -0.4 is 9.96 Å². The molecule has 2 amide bonds. The van der Waals surface area contributed by atoms with Gasteiger partial charge in [0.15, 0.2) is 6.10 Å². The highest BCUT2D eigenvalue weighted by Crippen LogP contribution is 2.48. The van der Waals surface area contributed by atoms with Crippen molar-refractivity contribution in [2.75, 3.05) is 9.96 Å². The predicted molar refractivity (Wildman–Crippen MR) is 115 cm³/mol. The first-order chi connectivity index (χ1) is 15.0. The molecule has 0 aliphatic carbocycles. The number of hydrogen-bond acceptors (Lipinski definition) is 7. The molecule has 3 atom stereocenters. The van der Waals surface area contributed by atoms with E-state index < -0.39 is 34.8 Å². The molecule has 10 heteroatoms. The van der Waals surface area contributed by atoms with E-state index in [1.807, 2.05) is 17.5 Å². The van der Waals surface area contributed by atoms with E-state index in [1.165, 1.54) is 35.6 Å². The van der Waals surface area contributed by atoms with Crippen molar-refractivity contribution >= 4 is 51.8 Å². The van der Waals surface area contributed by atoms with E-state index in [0.717, 1.165) is 9.78 Å². The average Bonchev–Trinajstić information content (AvgIpc) is 3.46. The average molecular weight is 456 g/mol. The number of anilines is 2. The highest BCUT2D eigenvalue weighted by atomic mass is 35.5. The zero-order chi connectivity index (χ0) is 21.7. The maximum absolute atomic E-state index is 13.4. The summed E-state index contributed by atoms with van der Waals surface area (Å²) in [6, 6.07) is 15.6. The number of rotatable bonds is 4. The summed E-state index contributed by atoms with van der Waals surface area (Å²) < 4.78 is 0. The van der Waals surface area contributed by atoms with Crippen LogP contribution in [0.25, 0.3) is 0 Å². The van der Waals surface area contributed by atoms with Gasteiger partial charge in [0.2, 0.25) is 5.91 Å². The second-order valence-electron chi connectivity index (χ2n) is 7.10. The van der Waals surface area contributed by atoms with Crippen LogP contribution in [-0.2, 0) is 14.4 Å². The van der Waals surface area contributed by atoms with Gasteiger partial charge in [-0.1, -0.05) is 17.7 Å². The lowest BCUT2D eigenvalue weighted by molar-refractivity contribution is -0.384. The normalized spacial score (nSPS) is 22.8. The topological polar surface area (TPSA) is 93.0 Å². The molecule has 0 N–H and O–H groups in total. The molecule has 2 aliphatic rings. The molecule has 2 aromatic carbocycles. The van der Waals surface area contributed by atoms with E-state index in [-0.39, 0.29) is 11.4 Å². The Balaban J connectivity index is 1.52. The van der Waals surface area contributed by atoms with Crippen LogP contribution in [0, 0.1) is 16.0 Å². The Morgan fingerprint density at radius 3 is 2.26 bits per heavy atom. The summed E-state index contributed by atoms with van der Waals surface area (Å²) in [5.41, 5.74) is 0.839. The van der Waals surface area contributed by atoms with Crippen molar-refractivity contribution in [2.24, 2.45) is 5.92 Å². The van der Waals surface area contributed by atoms with Crippen LogP contribution in [0.5, 0.6) is 0 Å². The molecule has 0 bridgehead atoms. The number of benzene rings is 2. The van der Waals surface area contributed by atoms with Gasteiger partial charge in [-0.05, 0) is 47.8 Å². The van der Waals surface area contributed by atoms with E-state index >= 15 is 0 Å². The molecule has 3 aromatic rings. The van der Waals surface area contributed by atoms with Gasteiger partial charge in [-0.15, -0.1) is 11.3 Å². The molecule has 3 heterocycles. The van der Waals surface area contributed by atoms with Gasteiger partial charge in [0, 0.05) is 22.0 Å². The van der Waals surface area contributed by atoms with Gasteiger partial charge in [-0.25, -0.2) is 9.96 Å². The van der Waals surface area contributed by atoms with Crippen LogP contribution in [0.1, 0.15) is 10.9 Å². The van der Waals surface area contributed by atoms with Crippen LogP contribution in [0.2, 0.25) is 5.02 Å². The first-order valence-electron chi connectivity index (χ1n) is 9.33. The first-order valence-corrected chi connectivity index (χ1v) is 10.6. The summed E-state index contributed by atoms with van der Waals surface area (Å²) in [6.07, 6.45) is -0.995. The van der Waals surface area contributed by atoms with Gasteiger partial charge < -0.3 is 0 Å². The molecule has 156 valence electrons. The second kappa shape index (κ2) is 7.45. The maximum Gasteiger partial charge on any atom is 0.269 e. The molecule has 5 rings (SSSR count). The third-order valence-corrected chi connectivity index (χ3v) is 6.54. The minimum atomic E-state index is -0.995. The molecule has 0 radical (unpaired) electrons. The number of nitro groups is 1. The Labute approximate surface area is 185 Å². The highest BCUT2D eigenvalue weighted by Gasteiger charge is 2.60. The van der Waals surface area contributed by atoms with Crippen molar-refractivity contribution in [3.05, 3.63) is 86.1 Å². The Morgan fingerprint density at radius 2 is 1.65 bits per heavy atom. The maximum atomic E-state index is 13.4. The van der Waals surface area contributed by atoms with Gasteiger partial charge in [-0.2, -0.15) is 0 Å². The molecule has 0 unspecified atom stereocenters. The molecular weight excluding hydrogens is 442 g/mol. The number of thiophene rings is 1. The van der Waals surface area contributed by atoms with Crippen LogP contribution >= 0.6 is 22.9 Å². The third kappa shape index (κ3) is 3.18. The molecule has 0 saturated carbocycles. The van der Waals surface area contributed by atoms with Crippen molar-refractivity contribution in [1.82, 2.24) is 0 Å². The summed E-state index contributed by atoms with van der Waals surface area (Å²) in [6.45, 7) is 0. The van der Waals surface area contributed by atoms with Gasteiger partial charge in [0.1, 0.15) is 12.0 Å². The Hall–Kier alpha value is -3.27. The van der Waals surface area contributed by atoms with Crippen LogP contribution in [0.15, 0.2) is 66.0 Å². The summed E-state index contributed by atoms with van der Waals surface area (Å²) in [7, 11) is 0. The molecular formula is C21H14ClN3O5S. The van der Waals surface area contributed by atoms with E-state index in [2.05, 4.69) is 0 Å². The number of nitro benzene ring substituents is 1. The fourth-order valence-electron chi connectivity index (χ4n) is 3.95. The minimum absolute atomic E-state index is 0.121. The Morgan fingerprint density at radius 1 is 0.968 bits per heavy atom. The van der Waals surface area contributed by atoms with Crippen LogP contribution in [-0.4, -0.2) is 22.8 Å². The van der Waals surface area contributed by atoms with Crippen molar-refractivity contribution in [3.8, 4) is 0 Å². The number of amides is 2. The lowest BCUT2D eigenvalue weighted by Crippen LogP contribution is -2.37. The van der Waals surface area contributed by atoms with E-state index in [0.29, 0.717) is 10.7 Å². The molecule has 31 heavy (non-hydrogen) atoms. The number of nitrogens with zero attached hydrogens (tertiary/aromatic N) is 3. The van der Waals surface area contributed by atoms with E-state index in [9.17, 15) is 19.7 Å². The van der Waals surface area contributed by atoms with Crippen molar-refractivity contribution in [3.63, 3.8) is 0 Å². The summed E-state index contributed by atoms with van der Waals surface area (Å²) >= 11 is 7.47. The lowest BCUT2D eigenvalue weighted by Gasteiger charge is -2.27. The fraction of sp³-hybridized carbons (Fsp3) is 0.143. The summed E-state index contributed by atoms with van der Waals surface area (Å²) in [4.78, 5) is 44.9. The molecule has 1 aromatic heterocycles. The number of fused-ring (bicyclic) bond motifs is 1. The fourth-order valence-corrected chi connectivity index (χ4v) is 4.93. The standard InChI is InChI=1S/C21H14ClN3O5S/c22-12-3-5-14(6-4-12)24-18(16-2-1-11-31-16)17-19(30-24)21(27)23(20(17)26)13-7-9-15(10-8-13)25(28)29/h1-11,17-19H/t17-,18-,19+/m0/s1. The predicted octanol–water partition coefficient (Wildman–Crippen LogP) is 4.36. The lowest BCUT2D eigenvalue weighted by atomic mass is 9.95. The highest BCUT2D eigenvalue weighted by molar-refractivity contribution is 7.10. The molecule has 2 saturated heterocycles. The van der Waals surface area contributed by atoms with Gasteiger partial charge in [-0.3, -0.25) is 24.5 Å². The zero-order valence-electron chi connectivity index (χ0n) is 15.8. The summed E-state index contributed by atoms with van der Waals surface area (Å²) in [5, 5.41) is 15.0. The number of non-ortho nitro benzene ring substituents is 1. The quantitative estimate of drug-likeness (QED) is 0.329. The van der Waals surface area contributed by atoms with Crippen molar-refractivity contribution in [2.45, 2.75) is 12.1 Å². The van der Waals surface area contributed by atoms with Gasteiger partial charge in [0.05, 0.1) is 16.3 Å². The number of carbonyl (C=O) groups excluding carboxylic acids is 2. The molecule has 8 nitrogen and oxygen atoms in total. The summed E-state index contributed by atoms with van der Waals surface area (Å²) in [5.74, 6) is -1.65. The van der Waals surface area contributed by atoms with Crippen molar-refractivity contribution < 1.29 is 19.3 Å². The Bertz CT molecular complexity index is 1170. The third-order valence-electron chi connectivity index (χ3n) is 5.35. The number of hydrogen-bond donors (Lipinski definition) is 0. The van der Waals surface area contributed by atoms with Crippen LogP contribution in [0.3, 0.4) is 0 Å². The molecule has 2 aliphatic heterocycles. The largest absolute Gasteiger partial charge is 0.273 e. The van der Waals surface area contributed by atoms with Gasteiger partial charge >= 0.3 is 0 Å². The SMILES string of the molecule is O=C1[C@@H]2[C@@H](ON(c3ccc(Cl)cc3)[C@H]2c2cccs2)C(=O)N1c1ccc([N+](=O)[O-])cc1. The van der Waals surface area contributed by atoms with Gasteiger partial charge in [0.25, 0.3) is 11.6 Å². The van der Waals surface area contributed by atoms with Crippen LogP contribution in [0.4, 0.5) is 17.1 Å². The zero-order valence-corrected chi connectivity index (χ0v) is 17.3. The monoisotopic (exact) mass is 455 g/mol. The smallest absolute Gasteiger partial charge is 0.269 e. The number of hydroxylamine groups is 1. The van der Waals surface area contributed by atoms with E-state index in [4.69, 9.17) is 16.4 Å². The molecule has 0 spiro atoms. The minimum Gasteiger partial charge on any atom is -0.273 e. The number of imide groups is 1. The number of halogens is 1. The molecule has 2 fully saturated rings. The Kier molecular flexibility index (Phi) is 4.73.